The van der Waals surface area contributed by atoms with Crippen LogP contribution in [0.15, 0.2) is 59.6 Å². The molecular formula is C15H16ClN3O2. The van der Waals surface area contributed by atoms with Crippen molar-refractivity contribution in [3.63, 3.8) is 0 Å². The van der Waals surface area contributed by atoms with Gasteiger partial charge in [0.1, 0.15) is 5.84 Å². The van der Waals surface area contributed by atoms with Gasteiger partial charge in [-0.15, -0.1) is 12.4 Å². The number of rotatable bonds is 5. The molecule has 5 nitrogen and oxygen atoms in total. The van der Waals surface area contributed by atoms with E-state index in [-0.39, 0.29) is 18.1 Å². The summed E-state index contributed by atoms with van der Waals surface area (Å²) in [5.41, 5.74) is 7.63. The summed E-state index contributed by atoms with van der Waals surface area (Å²) in [6.07, 6.45) is 0.788. The van der Waals surface area contributed by atoms with Gasteiger partial charge in [0.05, 0.1) is 4.92 Å². The number of benzene rings is 2. The molecule has 0 aliphatic heterocycles. The van der Waals surface area contributed by atoms with E-state index in [0.29, 0.717) is 17.9 Å². The zero-order chi connectivity index (χ0) is 14.4. The second-order valence-electron chi connectivity index (χ2n) is 4.31. The molecule has 0 radical (unpaired) electrons. The molecule has 110 valence electrons. The standard InChI is InChI=1S/C15H15N3O2.ClH/c16-15(13-7-4-8-14(11-13)18(19)20)17-10-9-12-5-2-1-3-6-12;/h1-8,11H,9-10H2,(H2,16,17);1H. The van der Waals surface area contributed by atoms with Gasteiger partial charge >= 0.3 is 0 Å². The van der Waals surface area contributed by atoms with Crippen LogP contribution in [0.25, 0.3) is 0 Å². The molecule has 0 atom stereocenters. The maximum Gasteiger partial charge on any atom is 0.270 e. The smallest absolute Gasteiger partial charge is 0.270 e. The fraction of sp³-hybridized carbons (Fsp3) is 0.133. The number of aliphatic imine (C=N–C) groups is 1. The fourth-order valence-electron chi connectivity index (χ4n) is 1.82. The molecule has 0 aliphatic carbocycles. The Morgan fingerprint density at radius 1 is 1.14 bits per heavy atom. The van der Waals surface area contributed by atoms with Crippen molar-refractivity contribution in [3.8, 4) is 0 Å². The number of nitro benzene ring substituents is 1. The number of hydrogen-bond acceptors (Lipinski definition) is 3. The average molecular weight is 306 g/mol. The van der Waals surface area contributed by atoms with E-state index in [0.717, 1.165) is 6.42 Å². The third kappa shape index (κ3) is 4.89. The molecule has 0 saturated carbocycles. The first-order chi connectivity index (χ1) is 9.66. The molecule has 0 amide bonds. The van der Waals surface area contributed by atoms with Crippen LogP contribution in [0.1, 0.15) is 11.1 Å². The first-order valence-electron chi connectivity index (χ1n) is 6.25. The first-order valence-corrected chi connectivity index (χ1v) is 6.25. The lowest BCUT2D eigenvalue weighted by molar-refractivity contribution is -0.384. The second-order valence-corrected chi connectivity index (χ2v) is 4.31. The molecule has 0 spiro atoms. The van der Waals surface area contributed by atoms with Gasteiger partial charge in [-0.3, -0.25) is 15.1 Å². The van der Waals surface area contributed by atoms with E-state index in [2.05, 4.69) is 4.99 Å². The highest BCUT2D eigenvalue weighted by atomic mass is 35.5. The lowest BCUT2D eigenvalue weighted by atomic mass is 10.1. The van der Waals surface area contributed by atoms with Gasteiger partial charge in [0, 0.05) is 24.2 Å². The summed E-state index contributed by atoms with van der Waals surface area (Å²) in [6, 6.07) is 16.2. The van der Waals surface area contributed by atoms with Crippen molar-refractivity contribution in [1.29, 1.82) is 0 Å². The van der Waals surface area contributed by atoms with Crippen molar-refractivity contribution in [2.45, 2.75) is 6.42 Å². The maximum atomic E-state index is 10.7. The van der Waals surface area contributed by atoms with Crippen LogP contribution >= 0.6 is 12.4 Å². The predicted molar refractivity (Wildman–Crippen MR) is 86.1 cm³/mol. The Morgan fingerprint density at radius 3 is 2.52 bits per heavy atom. The minimum atomic E-state index is -0.444. The molecule has 2 N–H and O–H groups in total. The van der Waals surface area contributed by atoms with E-state index in [4.69, 9.17) is 5.73 Å². The number of hydrogen-bond donors (Lipinski definition) is 1. The largest absolute Gasteiger partial charge is 0.384 e. The summed E-state index contributed by atoms with van der Waals surface area (Å²) in [5.74, 6) is 0.324. The van der Waals surface area contributed by atoms with Crippen LogP contribution < -0.4 is 5.73 Å². The van der Waals surface area contributed by atoms with Crippen molar-refractivity contribution in [3.05, 3.63) is 75.8 Å². The Morgan fingerprint density at radius 2 is 1.86 bits per heavy atom. The highest BCUT2D eigenvalue weighted by molar-refractivity contribution is 5.97. The van der Waals surface area contributed by atoms with Crippen molar-refractivity contribution in [1.82, 2.24) is 0 Å². The molecule has 21 heavy (non-hydrogen) atoms. The summed E-state index contributed by atoms with van der Waals surface area (Å²) in [5, 5.41) is 10.7. The number of nitrogens with zero attached hydrogens (tertiary/aromatic N) is 2. The van der Waals surface area contributed by atoms with Crippen LogP contribution in [-0.4, -0.2) is 17.3 Å². The monoisotopic (exact) mass is 305 g/mol. The Hall–Kier alpha value is -2.40. The molecule has 2 rings (SSSR count). The van der Waals surface area contributed by atoms with Crippen LogP contribution in [0.3, 0.4) is 0 Å². The van der Waals surface area contributed by atoms with Gasteiger partial charge in [-0.05, 0) is 12.0 Å². The second kappa shape index (κ2) is 8.01. The molecule has 2 aromatic rings. The van der Waals surface area contributed by atoms with Crippen LogP contribution in [0.4, 0.5) is 5.69 Å². The van der Waals surface area contributed by atoms with Crippen molar-refractivity contribution < 1.29 is 4.92 Å². The van der Waals surface area contributed by atoms with E-state index < -0.39 is 4.92 Å². The van der Waals surface area contributed by atoms with E-state index in [1.807, 2.05) is 30.3 Å². The Kier molecular flexibility index (Phi) is 6.36. The zero-order valence-corrected chi connectivity index (χ0v) is 12.1. The molecule has 0 aromatic heterocycles. The SMILES string of the molecule is Cl.NC(=NCCc1ccccc1)c1cccc([N+](=O)[O-])c1. The number of nitro groups is 1. The van der Waals surface area contributed by atoms with Gasteiger partial charge in [0.15, 0.2) is 0 Å². The number of amidine groups is 1. The Labute approximate surface area is 129 Å². The maximum absolute atomic E-state index is 10.7. The van der Waals surface area contributed by atoms with Crippen molar-refractivity contribution in [2.24, 2.45) is 10.7 Å². The van der Waals surface area contributed by atoms with E-state index in [1.165, 1.54) is 17.7 Å². The van der Waals surface area contributed by atoms with E-state index in [1.54, 1.807) is 12.1 Å². The number of non-ortho nitro benzene ring substituents is 1. The quantitative estimate of drug-likeness (QED) is 0.399. The molecule has 0 fully saturated rings. The van der Waals surface area contributed by atoms with Crippen molar-refractivity contribution >= 4 is 23.9 Å². The van der Waals surface area contributed by atoms with Crippen LogP contribution in [0, 0.1) is 10.1 Å². The normalized spacial score (nSPS) is 10.8. The number of halogens is 1. The average Bonchev–Trinajstić information content (AvgIpc) is 2.48. The molecule has 0 saturated heterocycles. The molecule has 0 bridgehead atoms. The minimum absolute atomic E-state index is 0. The first kappa shape index (κ1) is 16.7. The summed E-state index contributed by atoms with van der Waals surface area (Å²) in [6.45, 7) is 0.554. The fourth-order valence-corrected chi connectivity index (χ4v) is 1.82. The summed E-state index contributed by atoms with van der Waals surface area (Å²) in [7, 11) is 0. The predicted octanol–water partition coefficient (Wildman–Crippen LogP) is 2.96. The lowest BCUT2D eigenvalue weighted by Gasteiger charge is -2.02. The summed E-state index contributed by atoms with van der Waals surface area (Å²) >= 11 is 0. The molecule has 2 aromatic carbocycles. The highest BCUT2D eigenvalue weighted by Gasteiger charge is 2.07. The molecule has 0 aliphatic rings. The Bertz CT molecular complexity index is 630. The van der Waals surface area contributed by atoms with E-state index >= 15 is 0 Å². The summed E-state index contributed by atoms with van der Waals surface area (Å²) in [4.78, 5) is 14.5. The van der Waals surface area contributed by atoms with Crippen LogP contribution in [0.2, 0.25) is 0 Å². The zero-order valence-electron chi connectivity index (χ0n) is 11.3. The summed E-state index contributed by atoms with van der Waals surface area (Å²) < 4.78 is 0. The van der Waals surface area contributed by atoms with Gasteiger partial charge < -0.3 is 5.73 Å². The minimum Gasteiger partial charge on any atom is -0.384 e. The topological polar surface area (TPSA) is 81.5 Å². The van der Waals surface area contributed by atoms with Gasteiger partial charge in [-0.2, -0.15) is 0 Å². The molecule has 6 heteroatoms. The van der Waals surface area contributed by atoms with Gasteiger partial charge in [0.25, 0.3) is 5.69 Å². The van der Waals surface area contributed by atoms with E-state index in [9.17, 15) is 10.1 Å². The van der Waals surface area contributed by atoms with Gasteiger partial charge in [0.2, 0.25) is 0 Å². The molecule has 0 heterocycles. The number of nitrogens with two attached hydrogens (primary N) is 1. The van der Waals surface area contributed by atoms with Crippen LogP contribution in [-0.2, 0) is 6.42 Å². The molecular weight excluding hydrogens is 290 g/mol. The van der Waals surface area contributed by atoms with Gasteiger partial charge in [-0.25, -0.2) is 0 Å². The van der Waals surface area contributed by atoms with Crippen LogP contribution in [0.5, 0.6) is 0 Å². The highest BCUT2D eigenvalue weighted by Crippen LogP contribution is 2.12. The Balaban J connectivity index is 0.00000220. The third-order valence-corrected chi connectivity index (χ3v) is 2.88. The van der Waals surface area contributed by atoms with Crippen molar-refractivity contribution in [2.75, 3.05) is 6.54 Å². The molecule has 0 unspecified atom stereocenters. The third-order valence-electron chi connectivity index (χ3n) is 2.88. The lowest BCUT2D eigenvalue weighted by Crippen LogP contribution is -2.14. The van der Waals surface area contributed by atoms with Gasteiger partial charge in [-0.1, -0.05) is 42.5 Å².